The van der Waals surface area contributed by atoms with Gasteiger partial charge in [0.2, 0.25) is 0 Å². The van der Waals surface area contributed by atoms with Crippen LogP contribution < -0.4 is 5.32 Å². The van der Waals surface area contributed by atoms with Gasteiger partial charge in [-0.3, -0.25) is 19.7 Å². The molecule has 2 amide bonds. The van der Waals surface area contributed by atoms with Crippen LogP contribution in [0.25, 0.3) is 0 Å². The maximum atomic E-state index is 12.5. The molecular weight excluding hydrogens is 322 g/mol. The maximum absolute atomic E-state index is 12.5. The standard InChI is InChI=1S/C18H19N3O4/c1-4-20(3)18(23)14-7-5-6-13(10-14)17(22)19-16-11-15(21(24)25)9-8-12(16)2/h5-11H,4H2,1-3H3,(H,19,22). The zero-order valence-corrected chi connectivity index (χ0v) is 14.3. The third kappa shape index (κ3) is 4.20. The lowest BCUT2D eigenvalue weighted by Gasteiger charge is -2.15. The smallest absolute Gasteiger partial charge is 0.271 e. The van der Waals surface area contributed by atoms with Gasteiger partial charge < -0.3 is 10.2 Å². The summed E-state index contributed by atoms with van der Waals surface area (Å²) < 4.78 is 0. The number of nitro benzene ring substituents is 1. The van der Waals surface area contributed by atoms with Gasteiger partial charge in [0.1, 0.15) is 0 Å². The van der Waals surface area contributed by atoms with E-state index in [9.17, 15) is 19.7 Å². The van der Waals surface area contributed by atoms with Crippen LogP contribution in [0, 0.1) is 17.0 Å². The fourth-order valence-corrected chi connectivity index (χ4v) is 2.21. The Kier molecular flexibility index (Phi) is 5.49. The first kappa shape index (κ1) is 18.1. The minimum absolute atomic E-state index is 0.102. The van der Waals surface area contributed by atoms with Crippen LogP contribution in [0.4, 0.5) is 11.4 Å². The minimum Gasteiger partial charge on any atom is -0.342 e. The molecule has 0 atom stereocenters. The van der Waals surface area contributed by atoms with Crippen LogP contribution in [0.2, 0.25) is 0 Å². The van der Waals surface area contributed by atoms with E-state index < -0.39 is 10.8 Å². The number of aryl methyl sites for hydroxylation is 1. The number of nitrogens with zero attached hydrogens (tertiary/aromatic N) is 2. The molecule has 7 heteroatoms. The van der Waals surface area contributed by atoms with Gasteiger partial charge in [0.05, 0.1) is 10.6 Å². The van der Waals surface area contributed by atoms with Gasteiger partial charge in [-0.05, 0) is 37.6 Å². The lowest BCUT2D eigenvalue weighted by atomic mass is 10.1. The van der Waals surface area contributed by atoms with Gasteiger partial charge in [0.15, 0.2) is 0 Å². The Morgan fingerprint density at radius 2 is 1.84 bits per heavy atom. The number of benzene rings is 2. The molecule has 0 aliphatic heterocycles. The van der Waals surface area contributed by atoms with E-state index in [0.717, 1.165) is 0 Å². The highest BCUT2D eigenvalue weighted by Crippen LogP contribution is 2.22. The van der Waals surface area contributed by atoms with Crippen molar-refractivity contribution in [1.29, 1.82) is 0 Å². The third-order valence-corrected chi connectivity index (χ3v) is 3.87. The van der Waals surface area contributed by atoms with Crippen LogP contribution in [-0.4, -0.2) is 35.2 Å². The zero-order valence-electron chi connectivity index (χ0n) is 14.3. The van der Waals surface area contributed by atoms with E-state index in [1.54, 1.807) is 43.1 Å². The molecule has 2 aromatic rings. The van der Waals surface area contributed by atoms with Crippen molar-refractivity contribution >= 4 is 23.2 Å². The molecular formula is C18H19N3O4. The van der Waals surface area contributed by atoms with Gasteiger partial charge in [-0.25, -0.2) is 0 Å². The number of anilines is 1. The van der Waals surface area contributed by atoms with Gasteiger partial charge in [0.25, 0.3) is 17.5 Å². The molecule has 0 spiro atoms. The maximum Gasteiger partial charge on any atom is 0.271 e. The van der Waals surface area contributed by atoms with Crippen LogP contribution in [0.3, 0.4) is 0 Å². The van der Waals surface area contributed by atoms with Crippen molar-refractivity contribution in [2.75, 3.05) is 18.9 Å². The van der Waals surface area contributed by atoms with Gasteiger partial charge >= 0.3 is 0 Å². The molecule has 0 radical (unpaired) electrons. The van der Waals surface area contributed by atoms with Crippen molar-refractivity contribution in [2.45, 2.75) is 13.8 Å². The zero-order chi connectivity index (χ0) is 18.6. The molecule has 0 aromatic heterocycles. The minimum atomic E-state index is -0.519. The van der Waals surface area contributed by atoms with E-state index in [1.165, 1.54) is 18.2 Å². The molecule has 0 saturated carbocycles. The molecule has 1 N–H and O–H groups in total. The van der Waals surface area contributed by atoms with Crippen molar-refractivity contribution in [3.63, 3.8) is 0 Å². The van der Waals surface area contributed by atoms with Gasteiger partial charge in [-0.15, -0.1) is 0 Å². The molecule has 7 nitrogen and oxygen atoms in total. The third-order valence-electron chi connectivity index (χ3n) is 3.87. The number of carbonyl (C=O) groups is 2. The fourth-order valence-electron chi connectivity index (χ4n) is 2.21. The van der Waals surface area contributed by atoms with Gasteiger partial charge in [-0.1, -0.05) is 12.1 Å². The number of hydrogen-bond donors (Lipinski definition) is 1. The highest BCUT2D eigenvalue weighted by Gasteiger charge is 2.15. The summed E-state index contributed by atoms with van der Waals surface area (Å²) in [4.78, 5) is 36.6. The Morgan fingerprint density at radius 3 is 2.48 bits per heavy atom. The van der Waals surface area contributed by atoms with E-state index in [2.05, 4.69) is 5.32 Å². The second-order valence-corrected chi connectivity index (χ2v) is 5.61. The summed E-state index contributed by atoms with van der Waals surface area (Å²) in [5.41, 5.74) is 1.68. The molecule has 2 aromatic carbocycles. The van der Waals surface area contributed by atoms with Crippen molar-refractivity contribution < 1.29 is 14.5 Å². The van der Waals surface area contributed by atoms with E-state index in [-0.39, 0.29) is 11.6 Å². The summed E-state index contributed by atoms with van der Waals surface area (Å²) in [6.45, 7) is 4.16. The van der Waals surface area contributed by atoms with Gasteiger partial charge in [0, 0.05) is 36.9 Å². The molecule has 0 fully saturated rings. The molecule has 2 rings (SSSR count). The Balaban J connectivity index is 2.26. The number of amides is 2. The van der Waals surface area contributed by atoms with Gasteiger partial charge in [-0.2, -0.15) is 0 Å². The topological polar surface area (TPSA) is 92.6 Å². The van der Waals surface area contributed by atoms with Crippen LogP contribution in [-0.2, 0) is 0 Å². The first-order valence-electron chi connectivity index (χ1n) is 7.75. The van der Waals surface area contributed by atoms with Crippen molar-refractivity contribution in [1.82, 2.24) is 4.90 Å². The molecule has 0 bridgehead atoms. The summed E-state index contributed by atoms with van der Waals surface area (Å²) in [6, 6.07) is 10.6. The molecule has 130 valence electrons. The van der Waals surface area contributed by atoms with E-state index in [4.69, 9.17) is 0 Å². The molecule has 0 heterocycles. The Hall–Kier alpha value is -3.22. The fraction of sp³-hybridized carbons (Fsp3) is 0.222. The average molecular weight is 341 g/mol. The van der Waals surface area contributed by atoms with Crippen LogP contribution in [0.1, 0.15) is 33.2 Å². The predicted octanol–water partition coefficient (Wildman–Crippen LogP) is 3.25. The van der Waals surface area contributed by atoms with E-state index in [1.807, 2.05) is 6.92 Å². The first-order valence-corrected chi connectivity index (χ1v) is 7.75. The van der Waals surface area contributed by atoms with Crippen molar-refractivity contribution in [3.05, 3.63) is 69.3 Å². The lowest BCUT2D eigenvalue weighted by Crippen LogP contribution is -2.26. The number of non-ortho nitro benzene ring substituents is 1. The summed E-state index contributed by atoms with van der Waals surface area (Å²) in [7, 11) is 1.68. The van der Waals surface area contributed by atoms with Crippen LogP contribution in [0.5, 0.6) is 0 Å². The first-order chi connectivity index (χ1) is 11.8. The molecule has 0 unspecified atom stereocenters. The second kappa shape index (κ2) is 7.57. The largest absolute Gasteiger partial charge is 0.342 e. The molecule has 0 saturated heterocycles. The van der Waals surface area contributed by atoms with Crippen molar-refractivity contribution in [2.24, 2.45) is 0 Å². The summed E-state index contributed by atoms with van der Waals surface area (Å²) in [5.74, 6) is -0.610. The van der Waals surface area contributed by atoms with E-state index in [0.29, 0.717) is 28.9 Å². The molecule has 25 heavy (non-hydrogen) atoms. The Morgan fingerprint density at radius 1 is 1.16 bits per heavy atom. The number of rotatable bonds is 5. The van der Waals surface area contributed by atoms with Crippen LogP contribution in [0.15, 0.2) is 42.5 Å². The highest BCUT2D eigenvalue weighted by atomic mass is 16.6. The number of carbonyl (C=O) groups excluding carboxylic acids is 2. The number of hydrogen-bond acceptors (Lipinski definition) is 4. The highest BCUT2D eigenvalue weighted by molar-refractivity contribution is 6.06. The number of nitrogens with one attached hydrogen (secondary N) is 1. The summed E-state index contributed by atoms with van der Waals surface area (Å²) in [6.07, 6.45) is 0. The molecule has 0 aliphatic carbocycles. The normalized spacial score (nSPS) is 10.2. The monoisotopic (exact) mass is 341 g/mol. The second-order valence-electron chi connectivity index (χ2n) is 5.61. The SMILES string of the molecule is CCN(C)C(=O)c1cccc(C(=O)Nc2cc([N+](=O)[O-])ccc2C)c1. The quantitative estimate of drug-likeness (QED) is 0.667. The summed E-state index contributed by atoms with van der Waals surface area (Å²) in [5, 5.41) is 13.5. The van der Waals surface area contributed by atoms with Crippen molar-refractivity contribution in [3.8, 4) is 0 Å². The summed E-state index contributed by atoms with van der Waals surface area (Å²) >= 11 is 0. The average Bonchev–Trinajstić information content (AvgIpc) is 2.62. The number of nitro groups is 1. The Bertz CT molecular complexity index is 833. The lowest BCUT2D eigenvalue weighted by molar-refractivity contribution is -0.384. The van der Waals surface area contributed by atoms with Crippen LogP contribution >= 0.6 is 0 Å². The van der Waals surface area contributed by atoms with E-state index >= 15 is 0 Å². The molecule has 0 aliphatic rings. The Labute approximate surface area is 145 Å². The predicted molar refractivity (Wildman–Crippen MR) is 94.9 cm³/mol.